The Labute approximate surface area is 112 Å². The number of oxazole rings is 1. The summed E-state index contributed by atoms with van der Waals surface area (Å²) in [6.07, 6.45) is 5.32. The molecule has 0 unspecified atom stereocenters. The summed E-state index contributed by atoms with van der Waals surface area (Å²) in [5, 5.41) is 0.763. The minimum absolute atomic E-state index is 0.681. The lowest BCUT2D eigenvalue weighted by Gasteiger charge is -1.99. The van der Waals surface area contributed by atoms with E-state index in [4.69, 9.17) is 21.8 Å². The van der Waals surface area contributed by atoms with Crippen LogP contribution in [-0.2, 0) is 19.3 Å². The third-order valence-corrected chi connectivity index (χ3v) is 3.02. The van der Waals surface area contributed by atoms with Crippen molar-refractivity contribution < 1.29 is 4.42 Å². The number of aryl methyl sites for hydroxylation is 3. The molecule has 0 radical (unpaired) electrons. The Kier molecular flexibility index (Phi) is 4.79. The predicted octanol–water partition coefficient (Wildman–Crippen LogP) is 3.00. The lowest BCUT2D eigenvalue weighted by molar-refractivity contribution is 0.450. The number of benzene rings is 1. The molecule has 0 aliphatic heterocycles. The second-order valence-electron chi connectivity index (χ2n) is 4.24. The van der Waals surface area contributed by atoms with Gasteiger partial charge in [-0.3, -0.25) is 0 Å². The molecule has 0 saturated heterocycles. The van der Waals surface area contributed by atoms with Gasteiger partial charge in [-0.2, -0.15) is 0 Å². The van der Waals surface area contributed by atoms with Crippen molar-refractivity contribution in [3.05, 3.63) is 52.7 Å². The molecule has 3 nitrogen and oxygen atoms in total. The molecule has 96 valence electrons. The van der Waals surface area contributed by atoms with Gasteiger partial charge in [0.2, 0.25) is 0 Å². The number of nitrogens with zero attached hydrogens (tertiary/aromatic N) is 1. The van der Waals surface area contributed by atoms with Crippen LogP contribution in [0.3, 0.4) is 0 Å². The van der Waals surface area contributed by atoms with Crippen molar-refractivity contribution in [3.8, 4) is 0 Å². The molecule has 2 rings (SSSR count). The summed E-state index contributed by atoms with van der Waals surface area (Å²) < 4.78 is 5.64. The van der Waals surface area contributed by atoms with E-state index < -0.39 is 0 Å². The van der Waals surface area contributed by atoms with Crippen molar-refractivity contribution >= 4 is 11.6 Å². The highest BCUT2D eigenvalue weighted by Gasteiger charge is 2.04. The van der Waals surface area contributed by atoms with E-state index in [-0.39, 0.29) is 0 Å². The first kappa shape index (κ1) is 13.1. The van der Waals surface area contributed by atoms with Crippen LogP contribution in [0.1, 0.15) is 23.6 Å². The summed E-state index contributed by atoms with van der Waals surface area (Å²) in [4.78, 5) is 4.27. The van der Waals surface area contributed by atoms with E-state index in [1.807, 2.05) is 24.3 Å². The molecule has 2 N–H and O–H groups in total. The summed E-state index contributed by atoms with van der Waals surface area (Å²) in [5.41, 5.74) is 6.69. The van der Waals surface area contributed by atoms with Crippen LogP contribution in [0.4, 0.5) is 0 Å². The van der Waals surface area contributed by atoms with Gasteiger partial charge in [-0.25, -0.2) is 4.98 Å². The molecular formula is C14H17ClN2O. The molecule has 1 aromatic heterocycles. The molecule has 0 amide bonds. The maximum atomic E-state index is 5.84. The van der Waals surface area contributed by atoms with E-state index in [0.29, 0.717) is 6.54 Å². The third-order valence-electron chi connectivity index (χ3n) is 2.77. The van der Waals surface area contributed by atoms with E-state index in [1.165, 1.54) is 5.56 Å². The summed E-state index contributed by atoms with van der Waals surface area (Å²) >= 11 is 5.84. The van der Waals surface area contributed by atoms with Crippen LogP contribution in [0.15, 0.2) is 34.9 Å². The Bertz CT molecular complexity index is 479. The van der Waals surface area contributed by atoms with Gasteiger partial charge in [0, 0.05) is 17.9 Å². The number of halogens is 1. The van der Waals surface area contributed by atoms with Crippen molar-refractivity contribution in [2.24, 2.45) is 5.73 Å². The van der Waals surface area contributed by atoms with Crippen LogP contribution < -0.4 is 5.73 Å². The van der Waals surface area contributed by atoms with Crippen LogP contribution in [0.25, 0.3) is 0 Å². The molecule has 0 aliphatic carbocycles. The maximum absolute atomic E-state index is 5.84. The van der Waals surface area contributed by atoms with Gasteiger partial charge in [0.15, 0.2) is 5.89 Å². The van der Waals surface area contributed by atoms with Gasteiger partial charge in [-0.15, -0.1) is 0 Å². The van der Waals surface area contributed by atoms with Gasteiger partial charge in [-0.05, 0) is 37.1 Å². The van der Waals surface area contributed by atoms with E-state index >= 15 is 0 Å². The van der Waals surface area contributed by atoms with Gasteiger partial charge in [0.25, 0.3) is 0 Å². The summed E-state index contributed by atoms with van der Waals surface area (Å²) in [6.45, 7) is 0.681. The monoisotopic (exact) mass is 264 g/mol. The number of aromatic nitrogens is 1. The molecule has 0 atom stereocenters. The number of nitrogens with two attached hydrogens (primary N) is 1. The lowest BCUT2D eigenvalue weighted by atomic mass is 10.1. The Morgan fingerprint density at radius 3 is 2.61 bits per heavy atom. The second kappa shape index (κ2) is 6.57. The fraction of sp³-hybridized carbons (Fsp3) is 0.357. The van der Waals surface area contributed by atoms with Gasteiger partial charge in [-0.1, -0.05) is 23.7 Å². The molecule has 1 heterocycles. The highest BCUT2D eigenvalue weighted by molar-refractivity contribution is 6.30. The molecule has 1 aromatic carbocycles. The minimum Gasteiger partial charge on any atom is -0.446 e. The van der Waals surface area contributed by atoms with Gasteiger partial charge < -0.3 is 10.2 Å². The first-order valence-corrected chi connectivity index (χ1v) is 6.54. The van der Waals surface area contributed by atoms with Crippen molar-refractivity contribution in [3.63, 3.8) is 0 Å². The standard InChI is InChI=1S/C14H17ClN2O/c15-12-6-3-11(4-7-12)5-8-14-17-10-13(18-14)2-1-9-16/h3-4,6-7,10H,1-2,5,8-9,16H2. The average Bonchev–Trinajstić information content (AvgIpc) is 2.84. The van der Waals surface area contributed by atoms with E-state index in [2.05, 4.69) is 4.98 Å². The second-order valence-corrected chi connectivity index (χ2v) is 4.68. The number of rotatable bonds is 6. The van der Waals surface area contributed by atoms with Crippen molar-refractivity contribution in [1.29, 1.82) is 0 Å². The zero-order valence-electron chi connectivity index (χ0n) is 10.2. The SMILES string of the molecule is NCCCc1cnc(CCc2ccc(Cl)cc2)o1. The maximum Gasteiger partial charge on any atom is 0.194 e. The fourth-order valence-corrected chi connectivity index (χ4v) is 1.88. The molecule has 0 spiro atoms. The highest BCUT2D eigenvalue weighted by atomic mass is 35.5. The topological polar surface area (TPSA) is 52.0 Å². The summed E-state index contributed by atoms with van der Waals surface area (Å²) in [6, 6.07) is 7.86. The van der Waals surface area contributed by atoms with Gasteiger partial charge in [0.05, 0.1) is 6.20 Å². The van der Waals surface area contributed by atoms with Crippen LogP contribution in [-0.4, -0.2) is 11.5 Å². The Morgan fingerprint density at radius 1 is 1.11 bits per heavy atom. The van der Waals surface area contributed by atoms with E-state index in [9.17, 15) is 0 Å². The van der Waals surface area contributed by atoms with Crippen molar-refractivity contribution in [2.75, 3.05) is 6.54 Å². The number of hydrogen-bond acceptors (Lipinski definition) is 3. The third kappa shape index (κ3) is 3.86. The fourth-order valence-electron chi connectivity index (χ4n) is 1.76. The molecule has 18 heavy (non-hydrogen) atoms. The minimum atomic E-state index is 0.681. The predicted molar refractivity (Wildman–Crippen MR) is 72.7 cm³/mol. The zero-order chi connectivity index (χ0) is 12.8. The molecular weight excluding hydrogens is 248 g/mol. The molecule has 0 saturated carbocycles. The molecule has 4 heteroatoms. The molecule has 0 fully saturated rings. The molecule has 0 aliphatic rings. The highest BCUT2D eigenvalue weighted by Crippen LogP contribution is 2.13. The average molecular weight is 265 g/mol. The smallest absolute Gasteiger partial charge is 0.194 e. The summed E-state index contributed by atoms with van der Waals surface area (Å²) in [7, 11) is 0. The van der Waals surface area contributed by atoms with Crippen LogP contribution in [0, 0.1) is 0 Å². The number of hydrogen-bond donors (Lipinski definition) is 1. The van der Waals surface area contributed by atoms with E-state index in [0.717, 1.165) is 42.4 Å². The van der Waals surface area contributed by atoms with Crippen LogP contribution in [0.2, 0.25) is 5.02 Å². The largest absolute Gasteiger partial charge is 0.446 e. The van der Waals surface area contributed by atoms with Crippen molar-refractivity contribution in [2.45, 2.75) is 25.7 Å². The normalized spacial score (nSPS) is 10.8. The zero-order valence-corrected chi connectivity index (χ0v) is 11.0. The van der Waals surface area contributed by atoms with Gasteiger partial charge >= 0.3 is 0 Å². The Balaban J connectivity index is 1.86. The van der Waals surface area contributed by atoms with Crippen LogP contribution in [0.5, 0.6) is 0 Å². The first-order chi connectivity index (χ1) is 8.78. The quantitative estimate of drug-likeness (QED) is 0.873. The van der Waals surface area contributed by atoms with Gasteiger partial charge in [0.1, 0.15) is 5.76 Å². The van der Waals surface area contributed by atoms with E-state index in [1.54, 1.807) is 6.20 Å². The molecule has 2 aromatic rings. The van der Waals surface area contributed by atoms with Crippen LogP contribution >= 0.6 is 11.6 Å². The lowest BCUT2D eigenvalue weighted by Crippen LogP contribution is -1.99. The Morgan fingerprint density at radius 2 is 1.89 bits per heavy atom. The van der Waals surface area contributed by atoms with Crippen molar-refractivity contribution in [1.82, 2.24) is 4.98 Å². The Hall–Kier alpha value is -1.32. The summed E-state index contributed by atoms with van der Waals surface area (Å²) in [5.74, 6) is 1.71. The molecule has 0 bridgehead atoms. The first-order valence-electron chi connectivity index (χ1n) is 6.16.